The van der Waals surface area contributed by atoms with E-state index in [1.54, 1.807) is 0 Å². The summed E-state index contributed by atoms with van der Waals surface area (Å²) < 4.78 is 7.62. The van der Waals surface area contributed by atoms with E-state index in [0.29, 0.717) is 0 Å². The quantitative estimate of drug-likeness (QED) is 0.786. The SMILES string of the molecule is CNCCc1nc2cc(C)c(C)cc2n1Cc1c(C)noc1C. The highest BCUT2D eigenvalue weighted by atomic mass is 16.5. The molecule has 0 saturated heterocycles. The maximum Gasteiger partial charge on any atom is 0.138 e. The van der Waals surface area contributed by atoms with Crippen LogP contribution in [0.1, 0.15) is 34.0 Å². The van der Waals surface area contributed by atoms with Crippen LogP contribution in [0.15, 0.2) is 16.7 Å². The Kier molecular flexibility index (Phi) is 4.22. The first-order valence-corrected chi connectivity index (χ1v) is 8.04. The van der Waals surface area contributed by atoms with E-state index in [1.165, 1.54) is 16.6 Å². The van der Waals surface area contributed by atoms with Crippen molar-refractivity contribution in [1.82, 2.24) is 20.0 Å². The van der Waals surface area contributed by atoms with Crippen LogP contribution in [0.4, 0.5) is 0 Å². The highest BCUT2D eigenvalue weighted by Gasteiger charge is 2.16. The minimum absolute atomic E-state index is 0.749. The lowest BCUT2D eigenvalue weighted by Crippen LogP contribution is -2.15. The number of likely N-dealkylation sites (N-methyl/N-ethyl adjacent to an activating group) is 1. The zero-order valence-electron chi connectivity index (χ0n) is 14.5. The predicted octanol–water partition coefficient (Wildman–Crippen LogP) is 3.07. The Morgan fingerprint density at radius 1 is 1.13 bits per heavy atom. The van der Waals surface area contributed by atoms with Crippen molar-refractivity contribution in [3.63, 3.8) is 0 Å². The molecule has 0 spiro atoms. The lowest BCUT2D eigenvalue weighted by Gasteiger charge is -2.10. The molecule has 0 bridgehead atoms. The molecule has 0 aliphatic heterocycles. The Hall–Kier alpha value is -2.14. The topological polar surface area (TPSA) is 55.9 Å². The Bertz CT molecular complexity index is 825. The summed E-state index contributed by atoms with van der Waals surface area (Å²) in [5, 5.41) is 7.29. The van der Waals surface area contributed by atoms with Crippen LogP contribution in [0.25, 0.3) is 11.0 Å². The van der Waals surface area contributed by atoms with Crippen LogP contribution >= 0.6 is 0 Å². The van der Waals surface area contributed by atoms with Gasteiger partial charge in [0.2, 0.25) is 0 Å². The lowest BCUT2D eigenvalue weighted by molar-refractivity contribution is 0.392. The molecule has 0 radical (unpaired) electrons. The molecule has 2 heterocycles. The number of imidazole rings is 1. The van der Waals surface area contributed by atoms with Crippen LogP contribution < -0.4 is 5.32 Å². The van der Waals surface area contributed by atoms with Gasteiger partial charge in [-0.15, -0.1) is 0 Å². The number of nitrogens with one attached hydrogen (secondary N) is 1. The van der Waals surface area contributed by atoms with E-state index in [-0.39, 0.29) is 0 Å². The molecule has 0 aliphatic rings. The minimum atomic E-state index is 0.749. The molecule has 2 aromatic heterocycles. The first-order chi connectivity index (χ1) is 11.0. The normalized spacial score (nSPS) is 11.5. The van der Waals surface area contributed by atoms with E-state index in [9.17, 15) is 0 Å². The number of hydrogen-bond donors (Lipinski definition) is 1. The number of hydrogen-bond acceptors (Lipinski definition) is 4. The number of fused-ring (bicyclic) bond motifs is 1. The summed E-state index contributed by atoms with van der Waals surface area (Å²) in [5.74, 6) is 1.98. The Morgan fingerprint density at radius 3 is 2.52 bits per heavy atom. The second-order valence-corrected chi connectivity index (χ2v) is 6.20. The Labute approximate surface area is 136 Å². The summed E-state index contributed by atoms with van der Waals surface area (Å²) >= 11 is 0. The fourth-order valence-electron chi connectivity index (χ4n) is 2.92. The molecule has 0 unspecified atom stereocenters. The molecular formula is C18H24N4O. The molecule has 5 nitrogen and oxygen atoms in total. The van der Waals surface area contributed by atoms with Gasteiger partial charge in [0.25, 0.3) is 0 Å². The van der Waals surface area contributed by atoms with E-state index < -0.39 is 0 Å². The summed E-state index contributed by atoms with van der Waals surface area (Å²) in [6.45, 7) is 9.90. The standard InChI is InChI=1S/C18H24N4O/c1-11-8-16-17(9-12(11)2)22(18(20-16)6-7-19-5)10-15-13(3)21-23-14(15)4/h8-9,19H,6-7,10H2,1-5H3. The molecule has 1 aromatic carbocycles. The summed E-state index contributed by atoms with van der Waals surface area (Å²) in [6, 6.07) is 4.41. The number of aryl methyl sites for hydroxylation is 4. The van der Waals surface area contributed by atoms with Crippen molar-refractivity contribution in [3.8, 4) is 0 Å². The first kappa shape index (κ1) is 15.7. The summed E-state index contributed by atoms with van der Waals surface area (Å²) in [4.78, 5) is 4.86. The van der Waals surface area contributed by atoms with Crippen molar-refractivity contribution in [2.24, 2.45) is 0 Å². The zero-order chi connectivity index (χ0) is 16.6. The Morgan fingerprint density at radius 2 is 1.87 bits per heavy atom. The van der Waals surface area contributed by atoms with E-state index in [1.807, 2.05) is 20.9 Å². The van der Waals surface area contributed by atoms with Gasteiger partial charge in [-0.25, -0.2) is 4.98 Å². The monoisotopic (exact) mass is 312 g/mol. The molecule has 5 heteroatoms. The molecule has 0 amide bonds. The van der Waals surface area contributed by atoms with Gasteiger partial charge in [-0.3, -0.25) is 0 Å². The van der Waals surface area contributed by atoms with E-state index in [0.717, 1.165) is 47.9 Å². The number of nitrogens with zero attached hydrogens (tertiary/aromatic N) is 3. The van der Waals surface area contributed by atoms with Crippen LogP contribution in [0, 0.1) is 27.7 Å². The highest BCUT2D eigenvalue weighted by Crippen LogP contribution is 2.24. The second-order valence-electron chi connectivity index (χ2n) is 6.20. The summed E-state index contributed by atoms with van der Waals surface area (Å²) in [5.41, 5.74) is 6.91. The maximum atomic E-state index is 5.32. The third-order valence-corrected chi connectivity index (χ3v) is 4.54. The average Bonchev–Trinajstić information content (AvgIpc) is 3.01. The van der Waals surface area contributed by atoms with Gasteiger partial charge < -0.3 is 14.4 Å². The maximum absolute atomic E-state index is 5.32. The van der Waals surface area contributed by atoms with Gasteiger partial charge in [0.15, 0.2) is 0 Å². The van der Waals surface area contributed by atoms with Gasteiger partial charge in [0.05, 0.1) is 23.3 Å². The van der Waals surface area contributed by atoms with Crippen molar-refractivity contribution in [2.75, 3.05) is 13.6 Å². The molecule has 0 saturated carbocycles. The van der Waals surface area contributed by atoms with E-state index in [4.69, 9.17) is 9.51 Å². The average molecular weight is 312 g/mol. The number of aromatic nitrogens is 3. The summed E-state index contributed by atoms with van der Waals surface area (Å²) in [7, 11) is 1.97. The van der Waals surface area contributed by atoms with Crippen LogP contribution in [0.3, 0.4) is 0 Å². The second kappa shape index (κ2) is 6.16. The molecular weight excluding hydrogens is 288 g/mol. The molecule has 3 rings (SSSR count). The van der Waals surface area contributed by atoms with E-state index in [2.05, 4.69) is 41.0 Å². The van der Waals surface area contributed by atoms with Crippen molar-refractivity contribution in [3.05, 3.63) is 46.1 Å². The van der Waals surface area contributed by atoms with Crippen molar-refractivity contribution in [2.45, 2.75) is 40.7 Å². The Balaban J connectivity index is 2.13. The van der Waals surface area contributed by atoms with Crippen molar-refractivity contribution >= 4 is 11.0 Å². The molecule has 122 valence electrons. The van der Waals surface area contributed by atoms with Crippen LogP contribution in [-0.4, -0.2) is 28.3 Å². The predicted molar refractivity (Wildman–Crippen MR) is 91.9 cm³/mol. The fourth-order valence-corrected chi connectivity index (χ4v) is 2.92. The largest absolute Gasteiger partial charge is 0.361 e. The molecule has 0 aliphatic carbocycles. The van der Waals surface area contributed by atoms with Crippen molar-refractivity contribution in [1.29, 1.82) is 0 Å². The van der Waals surface area contributed by atoms with Gasteiger partial charge in [0.1, 0.15) is 11.6 Å². The molecule has 23 heavy (non-hydrogen) atoms. The van der Waals surface area contributed by atoms with Gasteiger partial charge in [-0.05, 0) is 58.0 Å². The molecule has 1 N–H and O–H groups in total. The number of rotatable bonds is 5. The van der Waals surface area contributed by atoms with Crippen LogP contribution in [0.2, 0.25) is 0 Å². The minimum Gasteiger partial charge on any atom is -0.361 e. The van der Waals surface area contributed by atoms with Gasteiger partial charge in [-0.1, -0.05) is 5.16 Å². The molecule has 0 atom stereocenters. The van der Waals surface area contributed by atoms with E-state index >= 15 is 0 Å². The lowest BCUT2D eigenvalue weighted by atomic mass is 10.1. The number of benzene rings is 1. The molecule has 3 aromatic rings. The zero-order valence-corrected chi connectivity index (χ0v) is 14.5. The summed E-state index contributed by atoms with van der Waals surface area (Å²) in [6.07, 6.45) is 0.895. The van der Waals surface area contributed by atoms with Crippen LogP contribution in [-0.2, 0) is 13.0 Å². The third-order valence-electron chi connectivity index (χ3n) is 4.54. The third kappa shape index (κ3) is 2.88. The van der Waals surface area contributed by atoms with Crippen LogP contribution in [0.5, 0.6) is 0 Å². The highest BCUT2D eigenvalue weighted by molar-refractivity contribution is 5.78. The van der Waals surface area contributed by atoms with Crippen molar-refractivity contribution < 1.29 is 4.52 Å². The fraction of sp³-hybridized carbons (Fsp3) is 0.444. The first-order valence-electron chi connectivity index (χ1n) is 8.04. The van der Waals surface area contributed by atoms with Gasteiger partial charge in [0, 0.05) is 18.5 Å². The van der Waals surface area contributed by atoms with Gasteiger partial charge >= 0.3 is 0 Å². The smallest absolute Gasteiger partial charge is 0.138 e. The van der Waals surface area contributed by atoms with Gasteiger partial charge in [-0.2, -0.15) is 0 Å². The molecule has 0 fully saturated rings.